The lowest BCUT2D eigenvalue weighted by Gasteiger charge is -2.22. The molecule has 0 spiro atoms. The maximum Gasteiger partial charge on any atom is 0.262 e. The van der Waals surface area contributed by atoms with Crippen LogP contribution in [0.5, 0.6) is 11.5 Å². The average molecular weight is 366 g/mol. The van der Waals surface area contributed by atoms with Gasteiger partial charge in [0.05, 0.1) is 23.5 Å². The van der Waals surface area contributed by atoms with E-state index in [1.807, 2.05) is 19.9 Å². The van der Waals surface area contributed by atoms with Crippen molar-refractivity contribution in [2.75, 3.05) is 6.61 Å². The molecule has 1 aliphatic heterocycles. The third-order valence-corrected chi connectivity index (χ3v) is 4.49. The SMILES string of the molecule is CCn1c(C)cc2c(c1=O)/C(=C/Oc1ccc(Cl)cc1Cl)CCO2. The molecule has 0 fully saturated rings. The zero-order valence-corrected chi connectivity index (χ0v) is 14.9. The largest absolute Gasteiger partial charge is 0.492 e. The second-order valence-electron chi connectivity index (χ2n) is 5.51. The van der Waals surface area contributed by atoms with E-state index in [0.717, 1.165) is 11.3 Å². The Morgan fingerprint density at radius 1 is 1.33 bits per heavy atom. The lowest BCUT2D eigenvalue weighted by atomic mass is 10.0. The van der Waals surface area contributed by atoms with Gasteiger partial charge in [0.1, 0.15) is 11.5 Å². The molecule has 6 heteroatoms. The molecule has 1 aromatic carbocycles. The summed E-state index contributed by atoms with van der Waals surface area (Å²) in [6.45, 7) is 4.95. The minimum absolute atomic E-state index is 0.0655. The average Bonchev–Trinajstić information content (AvgIpc) is 2.54. The number of hydrogen-bond donors (Lipinski definition) is 0. The molecule has 2 aromatic rings. The van der Waals surface area contributed by atoms with E-state index in [0.29, 0.717) is 46.7 Å². The van der Waals surface area contributed by atoms with Gasteiger partial charge >= 0.3 is 0 Å². The maximum absolute atomic E-state index is 12.7. The summed E-state index contributed by atoms with van der Waals surface area (Å²) in [5.41, 5.74) is 2.17. The van der Waals surface area contributed by atoms with Crippen molar-refractivity contribution in [3.63, 3.8) is 0 Å². The number of nitrogens with zero attached hydrogens (tertiary/aromatic N) is 1. The molecule has 0 saturated heterocycles. The van der Waals surface area contributed by atoms with Crippen molar-refractivity contribution in [3.8, 4) is 11.5 Å². The summed E-state index contributed by atoms with van der Waals surface area (Å²) in [5, 5.41) is 0.958. The van der Waals surface area contributed by atoms with Crippen LogP contribution in [0.15, 0.2) is 35.3 Å². The number of halogens is 2. The van der Waals surface area contributed by atoms with Gasteiger partial charge in [-0.15, -0.1) is 0 Å². The van der Waals surface area contributed by atoms with Gasteiger partial charge in [-0.2, -0.15) is 0 Å². The molecule has 3 rings (SSSR count). The Bertz CT molecular complexity index is 871. The van der Waals surface area contributed by atoms with Gasteiger partial charge in [0.25, 0.3) is 5.56 Å². The van der Waals surface area contributed by atoms with Crippen molar-refractivity contribution in [1.82, 2.24) is 4.57 Å². The topological polar surface area (TPSA) is 40.5 Å². The molecule has 0 radical (unpaired) electrons. The molecule has 0 unspecified atom stereocenters. The van der Waals surface area contributed by atoms with Crippen molar-refractivity contribution >= 4 is 28.8 Å². The van der Waals surface area contributed by atoms with Crippen molar-refractivity contribution in [2.24, 2.45) is 0 Å². The molecule has 0 atom stereocenters. The fraction of sp³-hybridized carbons (Fsp3) is 0.278. The standard InChI is InChI=1S/C18H17Cl2NO3/c1-3-21-11(2)8-16-17(18(21)22)12(6-7-23-16)10-24-15-5-4-13(19)9-14(15)20/h4-5,8-10H,3,6-7H2,1-2H3/b12-10+. The molecule has 1 aliphatic rings. The Balaban J connectivity index is 2.01. The van der Waals surface area contributed by atoms with Crippen LogP contribution in [0, 0.1) is 6.92 Å². The van der Waals surface area contributed by atoms with Gasteiger partial charge in [0.2, 0.25) is 0 Å². The summed E-state index contributed by atoms with van der Waals surface area (Å²) in [5.74, 6) is 1.09. The number of aryl methyl sites for hydroxylation is 1. The summed E-state index contributed by atoms with van der Waals surface area (Å²) in [6.07, 6.45) is 2.17. The van der Waals surface area contributed by atoms with Crippen molar-refractivity contribution in [3.05, 3.63) is 62.2 Å². The number of fused-ring (bicyclic) bond motifs is 1. The number of hydrogen-bond acceptors (Lipinski definition) is 3. The number of pyridine rings is 1. The van der Waals surface area contributed by atoms with Crippen LogP contribution in [0.25, 0.3) is 5.57 Å². The smallest absolute Gasteiger partial charge is 0.262 e. The van der Waals surface area contributed by atoms with E-state index in [1.54, 1.807) is 29.0 Å². The first kappa shape index (κ1) is 16.9. The van der Waals surface area contributed by atoms with Gasteiger partial charge in [0.15, 0.2) is 0 Å². The summed E-state index contributed by atoms with van der Waals surface area (Å²) < 4.78 is 13.1. The van der Waals surface area contributed by atoms with E-state index in [2.05, 4.69) is 0 Å². The predicted octanol–water partition coefficient (Wildman–Crippen LogP) is 4.69. The van der Waals surface area contributed by atoms with E-state index < -0.39 is 0 Å². The van der Waals surface area contributed by atoms with Crippen molar-refractivity contribution in [1.29, 1.82) is 0 Å². The highest BCUT2D eigenvalue weighted by Crippen LogP contribution is 2.33. The lowest BCUT2D eigenvalue weighted by molar-refractivity contribution is 0.312. The molecule has 1 aromatic heterocycles. The Morgan fingerprint density at radius 3 is 2.83 bits per heavy atom. The number of aromatic nitrogens is 1. The lowest BCUT2D eigenvalue weighted by Crippen LogP contribution is -2.28. The molecule has 0 aliphatic carbocycles. The highest BCUT2D eigenvalue weighted by Gasteiger charge is 2.22. The minimum Gasteiger partial charge on any atom is -0.492 e. The van der Waals surface area contributed by atoms with Crippen LogP contribution in [0.2, 0.25) is 10.0 Å². The summed E-state index contributed by atoms with van der Waals surface area (Å²) in [6, 6.07) is 6.90. The molecule has 0 amide bonds. The fourth-order valence-corrected chi connectivity index (χ4v) is 3.22. The highest BCUT2D eigenvalue weighted by molar-refractivity contribution is 6.35. The van der Waals surface area contributed by atoms with E-state index in [-0.39, 0.29) is 5.56 Å². The molecule has 0 N–H and O–H groups in total. The third kappa shape index (κ3) is 3.17. The first-order chi connectivity index (χ1) is 11.5. The molecule has 24 heavy (non-hydrogen) atoms. The van der Waals surface area contributed by atoms with Crippen LogP contribution in [-0.4, -0.2) is 11.2 Å². The Kier molecular flexibility index (Phi) is 4.88. The maximum atomic E-state index is 12.7. The number of rotatable bonds is 3. The zero-order valence-electron chi connectivity index (χ0n) is 13.4. The Morgan fingerprint density at radius 2 is 2.12 bits per heavy atom. The molecule has 2 heterocycles. The van der Waals surface area contributed by atoms with Crippen LogP contribution in [0.1, 0.15) is 24.6 Å². The quantitative estimate of drug-likeness (QED) is 0.741. The van der Waals surface area contributed by atoms with E-state index in [4.69, 9.17) is 32.7 Å². The molecule has 126 valence electrons. The van der Waals surface area contributed by atoms with Crippen LogP contribution < -0.4 is 15.0 Å². The number of benzene rings is 1. The molecular weight excluding hydrogens is 349 g/mol. The third-order valence-electron chi connectivity index (χ3n) is 3.96. The van der Waals surface area contributed by atoms with Crippen LogP contribution >= 0.6 is 23.2 Å². The van der Waals surface area contributed by atoms with Gasteiger partial charge in [-0.25, -0.2) is 0 Å². The van der Waals surface area contributed by atoms with Crippen LogP contribution in [0.4, 0.5) is 0 Å². The zero-order chi connectivity index (χ0) is 17.3. The molecule has 0 bridgehead atoms. The summed E-state index contributed by atoms with van der Waals surface area (Å²) in [4.78, 5) is 12.7. The first-order valence-corrected chi connectivity index (χ1v) is 8.45. The van der Waals surface area contributed by atoms with Gasteiger partial charge < -0.3 is 14.0 Å². The van der Waals surface area contributed by atoms with Gasteiger partial charge in [0, 0.05) is 35.3 Å². The Hall–Kier alpha value is -1.91. The second kappa shape index (κ2) is 6.91. The normalized spacial score (nSPS) is 15.1. The monoisotopic (exact) mass is 365 g/mol. The second-order valence-corrected chi connectivity index (χ2v) is 6.35. The Labute approximate surface area is 150 Å². The van der Waals surface area contributed by atoms with Gasteiger partial charge in [-0.1, -0.05) is 23.2 Å². The van der Waals surface area contributed by atoms with Crippen LogP contribution in [0.3, 0.4) is 0 Å². The van der Waals surface area contributed by atoms with Gasteiger partial charge in [-0.05, 0) is 32.0 Å². The minimum atomic E-state index is -0.0655. The highest BCUT2D eigenvalue weighted by atomic mass is 35.5. The number of ether oxygens (including phenoxy) is 2. The van der Waals surface area contributed by atoms with Crippen molar-refractivity contribution in [2.45, 2.75) is 26.8 Å². The fourth-order valence-electron chi connectivity index (χ4n) is 2.76. The first-order valence-electron chi connectivity index (χ1n) is 7.69. The van der Waals surface area contributed by atoms with E-state index in [1.165, 1.54) is 0 Å². The van der Waals surface area contributed by atoms with Crippen molar-refractivity contribution < 1.29 is 9.47 Å². The molecular formula is C18H17Cl2NO3. The predicted molar refractivity (Wildman–Crippen MR) is 96.3 cm³/mol. The van der Waals surface area contributed by atoms with E-state index >= 15 is 0 Å². The summed E-state index contributed by atoms with van der Waals surface area (Å²) in [7, 11) is 0. The van der Waals surface area contributed by atoms with Crippen LogP contribution in [-0.2, 0) is 6.54 Å². The summed E-state index contributed by atoms with van der Waals surface area (Å²) >= 11 is 12.0. The van der Waals surface area contributed by atoms with Gasteiger partial charge in [-0.3, -0.25) is 4.79 Å². The molecule has 4 nitrogen and oxygen atoms in total. The molecule has 0 saturated carbocycles. The van der Waals surface area contributed by atoms with E-state index in [9.17, 15) is 4.79 Å².